The van der Waals surface area contributed by atoms with Crippen LogP contribution in [0.5, 0.6) is 0 Å². The lowest BCUT2D eigenvalue weighted by molar-refractivity contribution is 0.718. The number of nitrogens with zero attached hydrogens (tertiary/aromatic N) is 5. The summed E-state index contributed by atoms with van der Waals surface area (Å²) in [6.07, 6.45) is 2.54. The van der Waals surface area contributed by atoms with Crippen LogP contribution in [0.25, 0.3) is 0 Å². The molecule has 0 radical (unpaired) electrons. The summed E-state index contributed by atoms with van der Waals surface area (Å²) in [6, 6.07) is 0.0742. The zero-order chi connectivity index (χ0) is 11.5. The smallest absolute Gasteiger partial charge is 0.203 e. The second-order valence-electron chi connectivity index (χ2n) is 3.54. The van der Waals surface area contributed by atoms with Crippen LogP contribution in [0.2, 0.25) is 0 Å². The number of hydrogen-bond acceptors (Lipinski definition) is 6. The Morgan fingerprint density at radius 2 is 2.38 bits per heavy atom. The predicted molar refractivity (Wildman–Crippen MR) is 62.3 cm³/mol. The number of nitrogens with one attached hydrogen (secondary N) is 1. The summed E-state index contributed by atoms with van der Waals surface area (Å²) in [5, 5.41) is 12.0. The van der Waals surface area contributed by atoms with Crippen LogP contribution in [0.1, 0.15) is 31.5 Å². The van der Waals surface area contributed by atoms with Gasteiger partial charge in [0.15, 0.2) is 5.82 Å². The molecule has 2 aromatic rings. The van der Waals surface area contributed by atoms with Gasteiger partial charge in [0.1, 0.15) is 12.2 Å². The van der Waals surface area contributed by atoms with E-state index < -0.39 is 0 Å². The molecule has 0 aliphatic carbocycles. The van der Waals surface area contributed by atoms with Crippen molar-refractivity contribution in [1.29, 1.82) is 0 Å². The first-order chi connectivity index (χ1) is 7.70. The summed E-state index contributed by atoms with van der Waals surface area (Å²) >= 11 is 1.38. The Bertz CT molecular complexity index is 462. The third-order valence-electron chi connectivity index (χ3n) is 2.26. The maximum atomic E-state index is 4.35. The highest BCUT2D eigenvalue weighted by Gasteiger charge is 2.13. The van der Waals surface area contributed by atoms with Crippen molar-refractivity contribution < 1.29 is 0 Å². The van der Waals surface area contributed by atoms with Crippen molar-refractivity contribution in [1.82, 2.24) is 24.1 Å². The Balaban J connectivity index is 2.07. The van der Waals surface area contributed by atoms with Crippen molar-refractivity contribution >= 4 is 16.7 Å². The van der Waals surface area contributed by atoms with Crippen molar-refractivity contribution in [2.45, 2.75) is 26.3 Å². The minimum atomic E-state index is 0.0742. The summed E-state index contributed by atoms with van der Waals surface area (Å²) < 4.78 is 6.11. The van der Waals surface area contributed by atoms with Gasteiger partial charge in [-0.25, -0.2) is 4.98 Å². The Hall–Kier alpha value is -1.50. The zero-order valence-electron chi connectivity index (χ0n) is 9.51. The molecule has 0 aromatic carbocycles. The minimum absolute atomic E-state index is 0.0742. The number of rotatable bonds is 4. The number of hydrogen-bond donors (Lipinski definition) is 1. The van der Waals surface area contributed by atoms with Crippen LogP contribution in [0.3, 0.4) is 0 Å². The third-order valence-corrected chi connectivity index (χ3v) is 2.94. The molecule has 1 unspecified atom stereocenters. The Morgan fingerprint density at radius 3 is 2.94 bits per heavy atom. The van der Waals surface area contributed by atoms with Crippen molar-refractivity contribution in [3.8, 4) is 0 Å². The molecule has 7 heteroatoms. The molecule has 16 heavy (non-hydrogen) atoms. The third kappa shape index (κ3) is 2.19. The second kappa shape index (κ2) is 4.56. The van der Waals surface area contributed by atoms with Gasteiger partial charge in [-0.2, -0.15) is 4.37 Å². The summed E-state index contributed by atoms with van der Waals surface area (Å²) in [5.74, 6) is 1.76. The van der Waals surface area contributed by atoms with Crippen LogP contribution >= 0.6 is 11.5 Å². The van der Waals surface area contributed by atoms with Crippen molar-refractivity contribution in [2.75, 3.05) is 5.32 Å². The van der Waals surface area contributed by atoms with Gasteiger partial charge in [0.05, 0.1) is 6.04 Å². The molecule has 0 amide bonds. The first-order valence-corrected chi connectivity index (χ1v) is 5.91. The first kappa shape index (κ1) is 11.0. The fourth-order valence-corrected chi connectivity index (χ4v) is 2.13. The van der Waals surface area contributed by atoms with Crippen LogP contribution in [-0.4, -0.2) is 24.1 Å². The lowest BCUT2D eigenvalue weighted by Gasteiger charge is -2.10. The molecular weight excluding hydrogens is 224 g/mol. The van der Waals surface area contributed by atoms with E-state index in [9.17, 15) is 0 Å². The van der Waals surface area contributed by atoms with Gasteiger partial charge >= 0.3 is 0 Å². The quantitative estimate of drug-likeness (QED) is 0.872. The van der Waals surface area contributed by atoms with Gasteiger partial charge in [0.2, 0.25) is 5.13 Å². The first-order valence-electron chi connectivity index (χ1n) is 5.13. The van der Waals surface area contributed by atoms with E-state index in [4.69, 9.17) is 0 Å². The van der Waals surface area contributed by atoms with Crippen LogP contribution in [0.15, 0.2) is 6.33 Å². The number of aryl methyl sites for hydroxylation is 2. The Labute approximate surface area is 97.9 Å². The van der Waals surface area contributed by atoms with Crippen LogP contribution in [0.4, 0.5) is 5.13 Å². The highest BCUT2D eigenvalue weighted by Crippen LogP contribution is 2.18. The maximum absolute atomic E-state index is 4.35. The molecule has 0 saturated carbocycles. The SMILES string of the molecule is CCc1nsc(NC(C)c2nncn2C)n1. The van der Waals surface area contributed by atoms with E-state index in [0.717, 1.165) is 23.2 Å². The molecular formula is C9H14N6S. The molecule has 86 valence electrons. The molecule has 2 rings (SSSR count). The summed E-state index contributed by atoms with van der Waals surface area (Å²) in [7, 11) is 1.92. The molecule has 0 aliphatic rings. The molecule has 2 aromatic heterocycles. The standard InChI is InChI=1S/C9H14N6S/c1-4-7-12-9(16-14-7)11-6(2)8-13-10-5-15(8)3/h5-6H,4H2,1-3H3,(H,11,12,14). The maximum Gasteiger partial charge on any atom is 0.203 e. The lowest BCUT2D eigenvalue weighted by atomic mass is 10.3. The molecule has 0 bridgehead atoms. The zero-order valence-corrected chi connectivity index (χ0v) is 10.3. The fraction of sp³-hybridized carbons (Fsp3) is 0.556. The Kier molecular flexibility index (Phi) is 3.14. The minimum Gasteiger partial charge on any atom is -0.351 e. The number of aromatic nitrogens is 5. The van der Waals surface area contributed by atoms with Crippen molar-refractivity contribution in [3.05, 3.63) is 18.0 Å². The topological polar surface area (TPSA) is 68.5 Å². The summed E-state index contributed by atoms with van der Waals surface area (Å²) in [6.45, 7) is 4.06. The normalized spacial score (nSPS) is 12.7. The van der Waals surface area contributed by atoms with E-state index in [1.165, 1.54) is 11.5 Å². The van der Waals surface area contributed by atoms with Gasteiger partial charge < -0.3 is 9.88 Å². The van der Waals surface area contributed by atoms with E-state index in [0.29, 0.717) is 0 Å². The van der Waals surface area contributed by atoms with Gasteiger partial charge in [-0.05, 0) is 6.92 Å². The number of anilines is 1. The predicted octanol–water partition coefficient (Wildman–Crippen LogP) is 1.40. The molecule has 1 atom stereocenters. The van der Waals surface area contributed by atoms with Crippen LogP contribution < -0.4 is 5.32 Å². The van der Waals surface area contributed by atoms with Gasteiger partial charge in [0, 0.05) is 25.0 Å². The highest BCUT2D eigenvalue weighted by atomic mass is 32.1. The molecule has 6 nitrogen and oxygen atoms in total. The van der Waals surface area contributed by atoms with Crippen molar-refractivity contribution in [3.63, 3.8) is 0 Å². The molecule has 0 saturated heterocycles. The summed E-state index contributed by atoms with van der Waals surface area (Å²) in [4.78, 5) is 4.35. The average Bonchev–Trinajstić information content (AvgIpc) is 2.86. The van der Waals surface area contributed by atoms with E-state index in [2.05, 4.69) is 24.9 Å². The van der Waals surface area contributed by atoms with Gasteiger partial charge in [-0.3, -0.25) is 0 Å². The Morgan fingerprint density at radius 1 is 1.56 bits per heavy atom. The van der Waals surface area contributed by atoms with Crippen molar-refractivity contribution in [2.24, 2.45) is 7.05 Å². The lowest BCUT2D eigenvalue weighted by Crippen LogP contribution is -2.11. The van der Waals surface area contributed by atoms with E-state index in [-0.39, 0.29) is 6.04 Å². The molecule has 2 heterocycles. The van der Waals surface area contributed by atoms with E-state index >= 15 is 0 Å². The summed E-state index contributed by atoms with van der Waals surface area (Å²) in [5.41, 5.74) is 0. The second-order valence-corrected chi connectivity index (χ2v) is 4.29. The molecule has 1 N–H and O–H groups in total. The fourth-order valence-electron chi connectivity index (χ4n) is 1.39. The monoisotopic (exact) mass is 238 g/mol. The van der Waals surface area contributed by atoms with Crippen LogP contribution in [-0.2, 0) is 13.5 Å². The van der Waals surface area contributed by atoms with Gasteiger partial charge in [-0.15, -0.1) is 10.2 Å². The molecule has 0 fully saturated rings. The largest absolute Gasteiger partial charge is 0.351 e. The van der Waals surface area contributed by atoms with Crippen LogP contribution in [0, 0.1) is 0 Å². The van der Waals surface area contributed by atoms with Gasteiger partial charge in [0.25, 0.3) is 0 Å². The van der Waals surface area contributed by atoms with E-state index in [1.54, 1.807) is 6.33 Å². The molecule has 0 aliphatic heterocycles. The van der Waals surface area contributed by atoms with Gasteiger partial charge in [-0.1, -0.05) is 6.92 Å². The average molecular weight is 238 g/mol. The molecule has 0 spiro atoms. The van der Waals surface area contributed by atoms with E-state index in [1.807, 2.05) is 25.5 Å². The highest BCUT2D eigenvalue weighted by molar-refractivity contribution is 7.09.